The summed E-state index contributed by atoms with van der Waals surface area (Å²) >= 11 is 6.12. The molecule has 0 bridgehead atoms. The van der Waals surface area contributed by atoms with E-state index in [4.69, 9.17) is 17.0 Å². The minimum absolute atomic E-state index is 0.0536. The summed E-state index contributed by atoms with van der Waals surface area (Å²) in [4.78, 5) is 8.63. The lowest BCUT2D eigenvalue weighted by Crippen LogP contribution is -1.91. The van der Waals surface area contributed by atoms with Gasteiger partial charge in [-0.15, -0.1) is 0 Å². The molecule has 2 aromatic heterocycles. The van der Waals surface area contributed by atoms with Gasteiger partial charge in [0.2, 0.25) is 0 Å². The summed E-state index contributed by atoms with van der Waals surface area (Å²) in [7, 11) is 0. The predicted molar refractivity (Wildman–Crippen MR) is 130 cm³/mol. The van der Waals surface area contributed by atoms with Crippen LogP contribution < -0.4 is 0 Å². The molecule has 162 valence electrons. The molecule has 0 saturated heterocycles. The number of hydrogen-bond acceptors (Lipinski definition) is 4. The Morgan fingerprint density at radius 3 is 2.40 bits per heavy atom. The highest BCUT2D eigenvalue weighted by Gasteiger charge is 2.10. The zero-order chi connectivity index (χ0) is 22.7. The third-order valence-corrected chi connectivity index (χ3v) is 4.88. The van der Waals surface area contributed by atoms with E-state index in [0.717, 1.165) is 34.2 Å². The van der Waals surface area contributed by atoms with Crippen LogP contribution in [-0.2, 0) is 0 Å². The summed E-state index contributed by atoms with van der Waals surface area (Å²) in [5, 5.41) is 19.5. The molecule has 5 heteroatoms. The first-order valence-electron chi connectivity index (χ1n) is 10.6. The number of aryl methyl sites for hydroxylation is 1. The van der Waals surface area contributed by atoms with Crippen molar-refractivity contribution in [3.63, 3.8) is 0 Å². The summed E-state index contributed by atoms with van der Waals surface area (Å²) in [5.74, 6) is 0.956. The van der Waals surface area contributed by atoms with Crippen molar-refractivity contribution in [2.45, 2.75) is 60.8 Å². The van der Waals surface area contributed by atoms with Crippen molar-refractivity contribution in [1.29, 1.82) is 5.41 Å². The van der Waals surface area contributed by atoms with Crippen molar-refractivity contribution >= 4 is 28.6 Å². The van der Waals surface area contributed by atoms with Gasteiger partial charge in [-0.05, 0) is 42.5 Å². The van der Waals surface area contributed by atoms with Crippen molar-refractivity contribution in [2.75, 3.05) is 0 Å². The Balaban J connectivity index is 0.000000428. The minimum Gasteiger partial charge on any atom is -0.507 e. The number of halogens is 1. The number of hydrogen-bond donors (Lipinski definition) is 2. The summed E-state index contributed by atoms with van der Waals surface area (Å²) < 4.78 is 0. The molecular formula is C25H34ClN3O. The summed E-state index contributed by atoms with van der Waals surface area (Å²) in [5.41, 5.74) is 2.72. The van der Waals surface area contributed by atoms with Crippen LogP contribution in [0.1, 0.15) is 65.1 Å². The molecule has 2 N–H and O–H groups in total. The highest BCUT2D eigenvalue weighted by atomic mass is 35.5. The van der Waals surface area contributed by atoms with Gasteiger partial charge < -0.3 is 10.5 Å². The molecule has 0 spiro atoms. The van der Waals surface area contributed by atoms with E-state index >= 15 is 0 Å². The lowest BCUT2D eigenvalue weighted by atomic mass is 10.0. The number of fused-ring (bicyclic) bond motifs is 1. The molecule has 1 aromatic carbocycles. The molecule has 0 radical (unpaired) electrons. The first-order chi connectivity index (χ1) is 14.4. The Bertz CT molecular complexity index is 955. The van der Waals surface area contributed by atoms with E-state index in [0.29, 0.717) is 16.3 Å². The average molecular weight is 428 g/mol. The van der Waals surface area contributed by atoms with E-state index in [1.807, 2.05) is 32.9 Å². The lowest BCUT2D eigenvalue weighted by molar-refractivity contribution is 0.475. The molecule has 3 aromatic rings. The van der Waals surface area contributed by atoms with Gasteiger partial charge in [-0.1, -0.05) is 65.5 Å². The van der Waals surface area contributed by atoms with Crippen LogP contribution in [0.3, 0.4) is 0 Å². The van der Waals surface area contributed by atoms with E-state index in [2.05, 4.69) is 30.7 Å². The molecule has 0 amide bonds. The summed E-state index contributed by atoms with van der Waals surface area (Å²) in [6.07, 6.45) is 8.67. The van der Waals surface area contributed by atoms with Crippen LogP contribution in [0.15, 0.2) is 36.7 Å². The number of unbranched alkanes of at least 4 members (excludes halogenated alkanes) is 1. The molecule has 3 rings (SSSR count). The third kappa shape index (κ3) is 7.10. The van der Waals surface area contributed by atoms with E-state index < -0.39 is 0 Å². The lowest BCUT2D eigenvalue weighted by Gasteiger charge is -2.08. The average Bonchev–Trinajstić information content (AvgIpc) is 2.75. The molecule has 0 fully saturated rings. The van der Waals surface area contributed by atoms with Gasteiger partial charge in [-0.25, -0.2) is 0 Å². The molecule has 30 heavy (non-hydrogen) atoms. The fourth-order valence-corrected chi connectivity index (χ4v) is 2.99. The molecule has 0 atom stereocenters. The first-order valence-corrected chi connectivity index (χ1v) is 11.0. The molecule has 0 saturated carbocycles. The fourth-order valence-electron chi connectivity index (χ4n) is 2.82. The molecule has 0 aliphatic rings. The van der Waals surface area contributed by atoms with E-state index in [9.17, 15) is 5.11 Å². The van der Waals surface area contributed by atoms with E-state index in [1.54, 1.807) is 24.5 Å². The summed E-state index contributed by atoms with van der Waals surface area (Å²) in [6, 6.07) is 7.03. The maximum Gasteiger partial charge on any atom is 0.125 e. The SMILES string of the molecule is CC.CCCCC(C)C.Cc1ncc(-c2nccc3cc(C=N)c(O)cc23)cc1Cl. The summed E-state index contributed by atoms with van der Waals surface area (Å²) in [6.45, 7) is 12.6. The number of nitrogens with one attached hydrogen (secondary N) is 1. The van der Waals surface area contributed by atoms with Crippen molar-refractivity contribution in [3.8, 4) is 17.0 Å². The Kier molecular flexibility index (Phi) is 11.1. The number of aromatic nitrogens is 2. The Morgan fingerprint density at radius 2 is 1.87 bits per heavy atom. The molecule has 2 heterocycles. The largest absolute Gasteiger partial charge is 0.507 e. The highest BCUT2D eigenvalue weighted by Crippen LogP contribution is 2.32. The van der Waals surface area contributed by atoms with Crippen LogP contribution in [0, 0.1) is 18.3 Å². The Hall–Kier alpha value is -2.46. The Morgan fingerprint density at radius 1 is 1.17 bits per heavy atom. The van der Waals surface area contributed by atoms with Gasteiger partial charge in [0, 0.05) is 35.1 Å². The zero-order valence-electron chi connectivity index (χ0n) is 19.0. The third-order valence-electron chi connectivity index (χ3n) is 4.50. The minimum atomic E-state index is 0.0536. The molecule has 0 aliphatic heterocycles. The van der Waals surface area contributed by atoms with Gasteiger partial charge in [0.05, 0.1) is 16.4 Å². The van der Waals surface area contributed by atoms with Crippen LogP contribution >= 0.6 is 11.6 Å². The topological polar surface area (TPSA) is 69.9 Å². The Labute approximate surface area is 185 Å². The monoisotopic (exact) mass is 427 g/mol. The van der Waals surface area contributed by atoms with Gasteiger partial charge >= 0.3 is 0 Å². The van der Waals surface area contributed by atoms with Gasteiger partial charge in [0.1, 0.15) is 5.75 Å². The van der Waals surface area contributed by atoms with Crippen molar-refractivity contribution in [1.82, 2.24) is 9.97 Å². The van der Waals surface area contributed by atoms with Crippen LogP contribution in [0.25, 0.3) is 22.0 Å². The smallest absolute Gasteiger partial charge is 0.125 e. The van der Waals surface area contributed by atoms with Crippen molar-refractivity contribution < 1.29 is 5.11 Å². The second-order valence-corrected chi connectivity index (χ2v) is 7.67. The number of pyridine rings is 2. The maximum absolute atomic E-state index is 9.96. The van der Waals surface area contributed by atoms with Crippen LogP contribution in [0.4, 0.5) is 0 Å². The van der Waals surface area contributed by atoms with Gasteiger partial charge in [-0.3, -0.25) is 9.97 Å². The number of benzene rings is 1. The fraction of sp³-hybridized carbons (Fsp3) is 0.400. The van der Waals surface area contributed by atoms with Gasteiger partial charge in [0.25, 0.3) is 0 Å². The normalized spacial score (nSPS) is 10.1. The van der Waals surface area contributed by atoms with E-state index in [1.165, 1.54) is 19.3 Å². The molecule has 0 unspecified atom stereocenters. The van der Waals surface area contributed by atoms with Crippen molar-refractivity contribution in [3.05, 3.63) is 52.9 Å². The van der Waals surface area contributed by atoms with Crippen LogP contribution in [-0.4, -0.2) is 21.3 Å². The van der Waals surface area contributed by atoms with Crippen LogP contribution in [0.2, 0.25) is 5.02 Å². The van der Waals surface area contributed by atoms with Crippen molar-refractivity contribution in [2.24, 2.45) is 5.92 Å². The number of phenolic OH excluding ortho intramolecular Hbond substituents is 1. The van der Waals surface area contributed by atoms with Gasteiger partial charge in [-0.2, -0.15) is 0 Å². The molecule has 4 nitrogen and oxygen atoms in total. The highest BCUT2D eigenvalue weighted by molar-refractivity contribution is 6.31. The van der Waals surface area contributed by atoms with Gasteiger partial charge in [0.15, 0.2) is 0 Å². The second kappa shape index (κ2) is 13.0. The second-order valence-electron chi connectivity index (χ2n) is 7.26. The number of phenols is 1. The predicted octanol–water partition coefficient (Wildman–Crippen LogP) is 7.82. The quantitative estimate of drug-likeness (QED) is 0.407. The number of nitrogens with zero attached hydrogens (tertiary/aromatic N) is 2. The zero-order valence-corrected chi connectivity index (χ0v) is 19.7. The van der Waals surface area contributed by atoms with E-state index in [-0.39, 0.29) is 5.75 Å². The first kappa shape index (κ1) is 25.6. The standard InChI is InChI=1S/C16H12ClN3O.C7H16.C2H6/c1-9-14(17)5-12(8-20-9)16-13-6-15(21)11(7-18)4-10(13)2-3-19-16;1-4-5-6-7(2)3;1-2/h2-8,18,21H,1H3;7H,4-6H2,1-3H3;1-2H3. The number of rotatable bonds is 5. The number of aromatic hydroxyl groups is 1. The molecular weight excluding hydrogens is 394 g/mol. The maximum atomic E-state index is 9.96. The molecule has 0 aliphatic carbocycles. The van der Waals surface area contributed by atoms with Crippen LogP contribution in [0.5, 0.6) is 5.75 Å².